The molecule has 0 saturated carbocycles. The summed E-state index contributed by atoms with van der Waals surface area (Å²) in [6, 6.07) is 9.64. The Balaban J connectivity index is 1.31. The van der Waals surface area contributed by atoms with E-state index in [0.29, 0.717) is 31.1 Å². The Morgan fingerprint density at radius 3 is 2.63 bits per heavy atom. The lowest BCUT2D eigenvalue weighted by Crippen LogP contribution is -2.26. The van der Waals surface area contributed by atoms with E-state index in [1.165, 1.54) is 6.08 Å². The molecule has 7 nitrogen and oxygen atoms in total. The molecule has 226 valence electrons. The number of carboxylic acids is 1. The highest BCUT2D eigenvalue weighted by Crippen LogP contribution is 2.40. The summed E-state index contributed by atoms with van der Waals surface area (Å²) in [6.45, 7) is 12.4. The van der Waals surface area contributed by atoms with Gasteiger partial charge in [-0.3, -0.25) is 9.48 Å². The van der Waals surface area contributed by atoms with Crippen molar-refractivity contribution < 1.29 is 28.9 Å². The zero-order valence-electron chi connectivity index (χ0n) is 25.2. The van der Waals surface area contributed by atoms with Crippen LogP contribution in [0.15, 0.2) is 72.9 Å². The molecule has 8 heteroatoms. The average molecular weight is 587 g/mol. The topological polar surface area (TPSA) is 93.8 Å². The van der Waals surface area contributed by atoms with Crippen LogP contribution in [0.25, 0.3) is 16.7 Å². The van der Waals surface area contributed by atoms with Gasteiger partial charge in [-0.1, -0.05) is 30.9 Å². The smallest absolute Gasteiger partial charge is 0.304 e. The van der Waals surface area contributed by atoms with Crippen LogP contribution in [0, 0.1) is 13.8 Å². The lowest BCUT2D eigenvalue weighted by atomic mass is 9.89. The molecular formula is C35H39FN2O5. The Bertz CT molecular complexity index is 1590. The number of fused-ring (bicyclic) bond motifs is 1. The Labute approximate surface area is 252 Å². The number of aliphatic carboxylic acids is 1. The van der Waals surface area contributed by atoms with Crippen molar-refractivity contribution in [3.63, 3.8) is 0 Å². The Hall–Kier alpha value is -4.17. The summed E-state index contributed by atoms with van der Waals surface area (Å²) in [5.41, 5.74) is 6.64. The van der Waals surface area contributed by atoms with E-state index in [9.17, 15) is 9.90 Å². The molecule has 2 aromatic carbocycles. The van der Waals surface area contributed by atoms with Crippen molar-refractivity contribution in [1.29, 1.82) is 0 Å². The summed E-state index contributed by atoms with van der Waals surface area (Å²) < 4.78 is 29.1. The average Bonchev–Trinajstić information content (AvgIpc) is 3.55. The summed E-state index contributed by atoms with van der Waals surface area (Å²) >= 11 is 0. The zero-order chi connectivity index (χ0) is 30.9. The first-order valence-corrected chi connectivity index (χ1v) is 14.7. The SMILES string of the molecule is C=C1/C(F)=C\C=C(\c2c(C)cc(-c3cnn(CC(C)(C)O)c3)cc2C)CCC[C@H]1Oc1ccc2c(c1)OC[C@H]2CC(=O)O. The van der Waals surface area contributed by atoms with Crippen LogP contribution < -0.4 is 9.47 Å². The number of allylic oxidation sites excluding steroid dienone is 3. The second-order valence-electron chi connectivity index (χ2n) is 12.3. The summed E-state index contributed by atoms with van der Waals surface area (Å²) in [5, 5.41) is 23.7. The molecule has 1 aromatic heterocycles. The lowest BCUT2D eigenvalue weighted by molar-refractivity contribution is -0.137. The number of carbonyl (C=O) groups is 1. The van der Waals surface area contributed by atoms with Crippen LogP contribution >= 0.6 is 0 Å². The predicted molar refractivity (Wildman–Crippen MR) is 165 cm³/mol. The molecule has 0 fully saturated rings. The number of aliphatic hydroxyl groups is 1. The fraction of sp³-hybridized carbons (Fsp3) is 0.371. The maximum Gasteiger partial charge on any atom is 0.304 e. The highest BCUT2D eigenvalue weighted by atomic mass is 19.1. The van der Waals surface area contributed by atoms with E-state index in [0.717, 1.165) is 51.8 Å². The molecule has 1 aliphatic carbocycles. The van der Waals surface area contributed by atoms with Gasteiger partial charge < -0.3 is 19.7 Å². The van der Waals surface area contributed by atoms with E-state index in [-0.39, 0.29) is 17.9 Å². The van der Waals surface area contributed by atoms with Gasteiger partial charge in [0.1, 0.15) is 23.4 Å². The number of halogens is 1. The van der Waals surface area contributed by atoms with Crippen LogP contribution in [0.3, 0.4) is 0 Å². The molecule has 43 heavy (non-hydrogen) atoms. The molecule has 2 heterocycles. The van der Waals surface area contributed by atoms with Gasteiger partial charge in [-0.25, -0.2) is 4.39 Å². The van der Waals surface area contributed by atoms with Crippen LogP contribution in [0.2, 0.25) is 0 Å². The third-order valence-electron chi connectivity index (χ3n) is 7.97. The minimum absolute atomic E-state index is 0.00743. The van der Waals surface area contributed by atoms with E-state index in [1.807, 2.05) is 24.5 Å². The van der Waals surface area contributed by atoms with Gasteiger partial charge in [0.25, 0.3) is 0 Å². The standard InChI is InChI=1S/C35H39FN2O5/c1-21-13-25(27-17-37-38(18-27)20-35(4,5)41)14-22(2)34(21)24-7-6-8-31(23(3)30(36)12-9-24)43-28-10-11-29-26(15-33(39)40)19-42-32(29)16-28/h9-14,16-18,26,31,41H,3,6-8,15,19-20H2,1-2,4-5H3,(H,39,40)/b24-9+,30-12+/t26-,31-/m1/s1. The van der Waals surface area contributed by atoms with Gasteiger partial charge in [0.05, 0.1) is 31.4 Å². The molecule has 0 amide bonds. The monoisotopic (exact) mass is 586 g/mol. The predicted octanol–water partition coefficient (Wildman–Crippen LogP) is 7.31. The minimum atomic E-state index is -0.865. The molecule has 0 spiro atoms. The van der Waals surface area contributed by atoms with Crippen molar-refractivity contribution in [2.24, 2.45) is 0 Å². The number of nitrogens with zero attached hydrogens (tertiary/aromatic N) is 2. The molecule has 2 atom stereocenters. The van der Waals surface area contributed by atoms with E-state index < -0.39 is 23.5 Å². The first-order chi connectivity index (χ1) is 20.4. The third-order valence-corrected chi connectivity index (χ3v) is 7.97. The quantitative estimate of drug-likeness (QED) is 0.287. The summed E-state index contributed by atoms with van der Waals surface area (Å²) in [6.07, 6.45) is 8.62. The summed E-state index contributed by atoms with van der Waals surface area (Å²) in [7, 11) is 0. The second kappa shape index (κ2) is 12.2. The van der Waals surface area contributed by atoms with Crippen molar-refractivity contribution >= 4 is 11.5 Å². The molecule has 0 bridgehead atoms. The number of aryl methyl sites for hydroxylation is 2. The van der Waals surface area contributed by atoms with Gasteiger partial charge >= 0.3 is 5.97 Å². The fourth-order valence-electron chi connectivity index (χ4n) is 6.02. The number of rotatable bonds is 8. The number of hydrogen-bond donors (Lipinski definition) is 2. The van der Waals surface area contributed by atoms with Gasteiger partial charge in [-0.2, -0.15) is 5.10 Å². The Morgan fingerprint density at radius 2 is 1.93 bits per heavy atom. The van der Waals surface area contributed by atoms with Crippen molar-refractivity contribution in [1.82, 2.24) is 9.78 Å². The highest BCUT2D eigenvalue weighted by molar-refractivity contribution is 5.76. The van der Waals surface area contributed by atoms with Crippen molar-refractivity contribution in [2.75, 3.05) is 6.61 Å². The number of aromatic nitrogens is 2. The highest BCUT2D eigenvalue weighted by Gasteiger charge is 2.28. The van der Waals surface area contributed by atoms with Gasteiger partial charge in [0.2, 0.25) is 0 Å². The van der Waals surface area contributed by atoms with Gasteiger partial charge in [-0.15, -0.1) is 0 Å². The van der Waals surface area contributed by atoms with Crippen molar-refractivity contribution in [2.45, 2.75) is 77.5 Å². The third kappa shape index (κ3) is 7.08. The van der Waals surface area contributed by atoms with Crippen LogP contribution in [0.5, 0.6) is 11.5 Å². The maximum absolute atomic E-state index is 15.4. The number of carboxylic acid groups (broad SMARTS) is 1. The van der Waals surface area contributed by atoms with E-state index >= 15 is 4.39 Å². The van der Waals surface area contributed by atoms with Gasteiger partial charge in [-0.05, 0) is 86.9 Å². The largest absolute Gasteiger partial charge is 0.492 e. The summed E-state index contributed by atoms with van der Waals surface area (Å²) in [4.78, 5) is 11.2. The lowest BCUT2D eigenvalue weighted by Gasteiger charge is -2.21. The fourth-order valence-corrected chi connectivity index (χ4v) is 6.02. The van der Waals surface area contributed by atoms with Crippen molar-refractivity contribution in [3.05, 3.63) is 95.1 Å². The first kappa shape index (κ1) is 30.3. The molecular weight excluding hydrogens is 547 g/mol. The Kier molecular flexibility index (Phi) is 8.60. The normalized spacial score (nSPS) is 21.4. The van der Waals surface area contributed by atoms with E-state index in [2.05, 4.69) is 37.7 Å². The molecule has 0 radical (unpaired) electrons. The van der Waals surface area contributed by atoms with Crippen LogP contribution in [-0.4, -0.2) is 44.3 Å². The van der Waals surface area contributed by atoms with E-state index in [1.54, 1.807) is 30.7 Å². The summed E-state index contributed by atoms with van der Waals surface area (Å²) in [5.74, 6) is -0.334. The van der Waals surface area contributed by atoms with E-state index in [4.69, 9.17) is 14.6 Å². The molecule has 0 unspecified atom stereocenters. The molecule has 5 rings (SSSR count). The minimum Gasteiger partial charge on any atom is -0.492 e. The number of hydrogen-bond acceptors (Lipinski definition) is 5. The van der Waals surface area contributed by atoms with Crippen LogP contribution in [0.4, 0.5) is 4.39 Å². The Morgan fingerprint density at radius 1 is 1.19 bits per heavy atom. The van der Waals surface area contributed by atoms with Crippen LogP contribution in [-0.2, 0) is 11.3 Å². The number of benzene rings is 2. The van der Waals surface area contributed by atoms with Crippen LogP contribution in [0.1, 0.15) is 67.7 Å². The second-order valence-corrected chi connectivity index (χ2v) is 12.3. The molecule has 2 N–H and O–H groups in total. The van der Waals surface area contributed by atoms with Crippen molar-refractivity contribution in [3.8, 4) is 22.6 Å². The molecule has 3 aromatic rings. The molecule has 0 saturated heterocycles. The number of ether oxygens (including phenoxy) is 2. The van der Waals surface area contributed by atoms with Gasteiger partial charge in [0, 0.05) is 34.9 Å². The molecule has 2 aliphatic rings. The molecule has 1 aliphatic heterocycles. The maximum atomic E-state index is 15.4. The van der Waals surface area contributed by atoms with Gasteiger partial charge in [0.15, 0.2) is 0 Å². The zero-order valence-corrected chi connectivity index (χ0v) is 25.2. The first-order valence-electron chi connectivity index (χ1n) is 14.7.